The van der Waals surface area contributed by atoms with Gasteiger partial charge < -0.3 is 19.7 Å². The number of aryl methyl sites for hydroxylation is 1. The fraction of sp³-hybridized carbons (Fsp3) is 0.524. The van der Waals surface area contributed by atoms with E-state index in [-0.39, 0.29) is 12.1 Å². The van der Waals surface area contributed by atoms with Crippen LogP contribution >= 0.6 is 0 Å². The van der Waals surface area contributed by atoms with Gasteiger partial charge in [0.1, 0.15) is 12.4 Å². The zero-order chi connectivity index (χ0) is 19.8. The summed E-state index contributed by atoms with van der Waals surface area (Å²) >= 11 is 0. The molecule has 7 nitrogen and oxygen atoms in total. The lowest BCUT2D eigenvalue weighted by Gasteiger charge is -2.22. The Kier molecular flexibility index (Phi) is 7.31. The van der Waals surface area contributed by atoms with E-state index in [1.807, 2.05) is 30.3 Å². The molecule has 1 saturated heterocycles. The second-order valence-corrected chi connectivity index (χ2v) is 7.24. The van der Waals surface area contributed by atoms with Gasteiger partial charge in [-0.3, -0.25) is 5.10 Å². The highest BCUT2D eigenvalue weighted by Crippen LogP contribution is 2.19. The smallest absolute Gasteiger partial charge is 0.321 e. The molecule has 0 radical (unpaired) electrons. The topological polar surface area (TPSA) is 79.5 Å². The maximum absolute atomic E-state index is 12.4. The number of rotatable bonds is 8. The number of nitrogens with one attached hydrogen (secondary N) is 2. The van der Waals surface area contributed by atoms with Crippen molar-refractivity contribution in [3.05, 3.63) is 41.7 Å². The molecule has 1 aromatic heterocycles. The average Bonchev–Trinajstić information content (AvgIpc) is 3.15. The van der Waals surface area contributed by atoms with Crippen LogP contribution in [0.2, 0.25) is 0 Å². The van der Waals surface area contributed by atoms with Gasteiger partial charge in [0.05, 0.1) is 24.0 Å². The Labute approximate surface area is 166 Å². The van der Waals surface area contributed by atoms with Crippen molar-refractivity contribution in [3.63, 3.8) is 0 Å². The molecule has 7 heteroatoms. The molecule has 2 heterocycles. The minimum Gasteiger partial charge on any atom is -0.491 e. The summed E-state index contributed by atoms with van der Waals surface area (Å²) in [5, 5.41) is 10.1. The SMILES string of the molecule is CCCc1cc(CN(C)C(=O)Nc2ccc(OC[C@H]3CCCCO3)cc2)[nH]n1. The third-order valence-electron chi connectivity index (χ3n) is 4.76. The molecule has 1 aromatic carbocycles. The molecule has 0 bridgehead atoms. The summed E-state index contributed by atoms with van der Waals surface area (Å²) in [6, 6.07) is 9.26. The van der Waals surface area contributed by atoms with Crippen molar-refractivity contribution in [2.24, 2.45) is 0 Å². The van der Waals surface area contributed by atoms with Gasteiger partial charge in [0.15, 0.2) is 0 Å². The van der Waals surface area contributed by atoms with Crippen LogP contribution in [0.15, 0.2) is 30.3 Å². The largest absolute Gasteiger partial charge is 0.491 e. The Bertz CT molecular complexity index is 738. The highest BCUT2D eigenvalue weighted by molar-refractivity contribution is 5.89. The van der Waals surface area contributed by atoms with Gasteiger partial charge in [0, 0.05) is 19.3 Å². The van der Waals surface area contributed by atoms with Gasteiger partial charge >= 0.3 is 6.03 Å². The van der Waals surface area contributed by atoms with Gasteiger partial charge in [-0.2, -0.15) is 5.10 Å². The summed E-state index contributed by atoms with van der Waals surface area (Å²) in [7, 11) is 1.76. The number of carbonyl (C=O) groups is 1. The second kappa shape index (κ2) is 10.1. The van der Waals surface area contributed by atoms with Crippen molar-refractivity contribution >= 4 is 11.7 Å². The summed E-state index contributed by atoms with van der Waals surface area (Å²) in [6.07, 6.45) is 5.56. The second-order valence-electron chi connectivity index (χ2n) is 7.24. The predicted octanol–water partition coefficient (Wildman–Crippen LogP) is 3.97. The molecule has 0 saturated carbocycles. The number of aromatic amines is 1. The maximum atomic E-state index is 12.4. The lowest BCUT2D eigenvalue weighted by molar-refractivity contribution is -0.0110. The molecule has 1 atom stereocenters. The van der Waals surface area contributed by atoms with E-state index in [2.05, 4.69) is 22.4 Å². The number of urea groups is 1. The number of ether oxygens (including phenoxy) is 2. The Hall–Kier alpha value is -2.54. The zero-order valence-corrected chi connectivity index (χ0v) is 16.7. The highest BCUT2D eigenvalue weighted by atomic mass is 16.5. The monoisotopic (exact) mass is 386 g/mol. The third-order valence-corrected chi connectivity index (χ3v) is 4.76. The van der Waals surface area contributed by atoms with Gasteiger partial charge in [-0.1, -0.05) is 13.3 Å². The number of anilines is 1. The molecule has 2 aromatic rings. The average molecular weight is 386 g/mol. The van der Waals surface area contributed by atoms with E-state index < -0.39 is 0 Å². The number of hydrogen-bond donors (Lipinski definition) is 2. The van der Waals surface area contributed by atoms with Crippen LogP contribution < -0.4 is 10.1 Å². The first-order valence-electron chi connectivity index (χ1n) is 10.0. The Morgan fingerprint density at radius 3 is 2.89 bits per heavy atom. The number of hydrogen-bond acceptors (Lipinski definition) is 4. The fourth-order valence-corrected chi connectivity index (χ4v) is 3.18. The van der Waals surface area contributed by atoms with E-state index in [0.29, 0.717) is 13.2 Å². The summed E-state index contributed by atoms with van der Waals surface area (Å²) < 4.78 is 11.5. The molecule has 2 amide bonds. The van der Waals surface area contributed by atoms with Crippen molar-refractivity contribution in [2.45, 2.75) is 51.7 Å². The Balaban J connectivity index is 1.44. The normalized spacial score (nSPS) is 16.6. The highest BCUT2D eigenvalue weighted by Gasteiger charge is 2.15. The van der Waals surface area contributed by atoms with Crippen molar-refractivity contribution < 1.29 is 14.3 Å². The number of H-pyrrole nitrogens is 1. The minimum absolute atomic E-state index is 0.170. The number of amides is 2. The first-order valence-corrected chi connectivity index (χ1v) is 10.0. The van der Waals surface area contributed by atoms with Crippen LogP contribution in [0, 0.1) is 0 Å². The van der Waals surface area contributed by atoms with E-state index in [9.17, 15) is 4.79 Å². The Morgan fingerprint density at radius 2 is 2.18 bits per heavy atom. The van der Waals surface area contributed by atoms with Crippen molar-refractivity contribution in [1.82, 2.24) is 15.1 Å². The fourth-order valence-electron chi connectivity index (χ4n) is 3.18. The van der Waals surface area contributed by atoms with E-state index in [1.54, 1.807) is 11.9 Å². The van der Waals surface area contributed by atoms with E-state index in [4.69, 9.17) is 9.47 Å². The van der Waals surface area contributed by atoms with Crippen LogP contribution in [0.1, 0.15) is 44.0 Å². The van der Waals surface area contributed by atoms with Gasteiger partial charge in [0.25, 0.3) is 0 Å². The first-order chi connectivity index (χ1) is 13.6. The molecule has 2 N–H and O–H groups in total. The van der Waals surface area contributed by atoms with Gasteiger partial charge in [0.2, 0.25) is 0 Å². The summed E-state index contributed by atoms with van der Waals surface area (Å²) in [5.41, 5.74) is 2.68. The van der Waals surface area contributed by atoms with E-state index in [1.165, 1.54) is 6.42 Å². The van der Waals surface area contributed by atoms with Crippen molar-refractivity contribution in [3.8, 4) is 5.75 Å². The summed E-state index contributed by atoms with van der Waals surface area (Å²) in [5.74, 6) is 0.779. The quantitative estimate of drug-likeness (QED) is 0.719. The molecule has 3 rings (SSSR count). The van der Waals surface area contributed by atoms with E-state index in [0.717, 1.165) is 55.1 Å². The molecule has 152 valence electrons. The van der Waals surface area contributed by atoms with Gasteiger partial charge in [-0.05, 0) is 56.0 Å². The molecule has 28 heavy (non-hydrogen) atoms. The molecule has 1 fully saturated rings. The van der Waals surface area contributed by atoms with Crippen molar-refractivity contribution in [2.75, 3.05) is 25.6 Å². The van der Waals surface area contributed by atoms with Gasteiger partial charge in [-0.25, -0.2) is 4.79 Å². The standard InChI is InChI=1S/C21H30N4O3/c1-3-6-17-13-18(24-23-17)14-25(2)21(26)22-16-8-10-19(11-9-16)28-15-20-7-4-5-12-27-20/h8-11,13,20H,3-7,12,14-15H2,1-2H3,(H,22,26)(H,23,24)/t20-/m1/s1. The molecular formula is C21H30N4O3. The molecule has 0 aliphatic carbocycles. The summed E-state index contributed by atoms with van der Waals surface area (Å²) in [4.78, 5) is 14.0. The van der Waals surface area contributed by atoms with Crippen LogP contribution in [-0.2, 0) is 17.7 Å². The molecule has 0 spiro atoms. The molecule has 1 aliphatic rings. The minimum atomic E-state index is -0.170. The summed E-state index contributed by atoms with van der Waals surface area (Å²) in [6.45, 7) is 3.99. The lowest BCUT2D eigenvalue weighted by atomic mass is 10.1. The number of nitrogens with zero attached hydrogens (tertiary/aromatic N) is 2. The zero-order valence-electron chi connectivity index (χ0n) is 16.7. The van der Waals surface area contributed by atoms with Crippen LogP contribution in [0.4, 0.5) is 10.5 Å². The number of aromatic nitrogens is 2. The van der Waals surface area contributed by atoms with Crippen LogP contribution in [0.25, 0.3) is 0 Å². The lowest BCUT2D eigenvalue weighted by Crippen LogP contribution is -2.30. The maximum Gasteiger partial charge on any atom is 0.321 e. The predicted molar refractivity (Wildman–Crippen MR) is 109 cm³/mol. The Morgan fingerprint density at radius 1 is 1.36 bits per heavy atom. The molecular weight excluding hydrogens is 356 g/mol. The number of benzene rings is 1. The van der Waals surface area contributed by atoms with Crippen molar-refractivity contribution in [1.29, 1.82) is 0 Å². The van der Waals surface area contributed by atoms with E-state index >= 15 is 0 Å². The molecule has 0 unspecified atom stereocenters. The number of carbonyl (C=O) groups excluding carboxylic acids is 1. The van der Waals surface area contributed by atoms with Gasteiger partial charge in [-0.15, -0.1) is 0 Å². The van der Waals surface area contributed by atoms with Crippen LogP contribution in [0.5, 0.6) is 5.75 Å². The molecule has 1 aliphatic heterocycles. The van der Waals surface area contributed by atoms with Crippen LogP contribution in [-0.4, -0.2) is 47.5 Å². The first kappa shape index (κ1) is 20.2. The van der Waals surface area contributed by atoms with Crippen LogP contribution in [0.3, 0.4) is 0 Å². The third kappa shape index (κ3) is 5.99.